The van der Waals surface area contributed by atoms with Gasteiger partial charge in [0.15, 0.2) is 0 Å². The van der Waals surface area contributed by atoms with Crippen molar-refractivity contribution in [1.82, 2.24) is 9.29 Å². The normalized spacial score (nSPS) is 11.8. The second-order valence-electron chi connectivity index (χ2n) is 6.44. The van der Waals surface area contributed by atoms with Gasteiger partial charge in [-0.2, -0.15) is 4.31 Å². The Morgan fingerprint density at radius 2 is 1.83 bits per heavy atom. The number of sulfonamides is 1. The molecule has 0 atom stereocenters. The minimum absolute atomic E-state index is 0.0942. The van der Waals surface area contributed by atoms with Crippen molar-refractivity contribution in [3.8, 4) is 11.5 Å². The van der Waals surface area contributed by atoms with Gasteiger partial charge in [-0.1, -0.05) is 29.8 Å². The van der Waals surface area contributed by atoms with Crippen molar-refractivity contribution in [2.24, 2.45) is 0 Å². The average molecular weight is 447 g/mol. The van der Waals surface area contributed by atoms with Crippen LogP contribution in [0, 0.1) is 5.82 Å². The van der Waals surface area contributed by atoms with Gasteiger partial charge in [-0.25, -0.2) is 17.8 Å². The summed E-state index contributed by atoms with van der Waals surface area (Å²) in [6.07, 6.45) is 2.80. The van der Waals surface area contributed by atoms with Gasteiger partial charge >= 0.3 is 0 Å². The molecule has 0 bridgehead atoms. The summed E-state index contributed by atoms with van der Waals surface area (Å²) in [5, 5.41) is 0.522. The van der Waals surface area contributed by atoms with Crippen LogP contribution in [0.5, 0.6) is 0 Å². The zero-order valence-electron chi connectivity index (χ0n) is 15.5. The average Bonchev–Trinajstić information content (AvgIpc) is 3.40. The third-order valence-corrected chi connectivity index (χ3v) is 6.39. The van der Waals surface area contributed by atoms with Crippen LogP contribution in [-0.2, 0) is 23.1 Å². The van der Waals surface area contributed by atoms with E-state index >= 15 is 0 Å². The first-order valence-electron chi connectivity index (χ1n) is 8.91. The number of halogens is 2. The maximum absolute atomic E-state index is 14.3. The van der Waals surface area contributed by atoms with Gasteiger partial charge in [-0.3, -0.25) is 0 Å². The Morgan fingerprint density at radius 1 is 1.00 bits per heavy atom. The summed E-state index contributed by atoms with van der Waals surface area (Å²) in [6, 6.07) is 15.5. The van der Waals surface area contributed by atoms with Crippen LogP contribution in [0.4, 0.5) is 4.39 Å². The second-order valence-corrected chi connectivity index (χ2v) is 8.78. The van der Waals surface area contributed by atoms with E-state index in [-0.39, 0.29) is 13.1 Å². The summed E-state index contributed by atoms with van der Waals surface area (Å²) in [5.41, 5.74) is 1.01. The Bertz CT molecular complexity index is 1260. The monoisotopic (exact) mass is 446 g/mol. The number of rotatable bonds is 7. The molecule has 0 fully saturated rings. The molecule has 0 saturated heterocycles. The van der Waals surface area contributed by atoms with E-state index in [1.165, 1.54) is 30.7 Å². The highest BCUT2D eigenvalue weighted by atomic mass is 35.5. The molecule has 0 spiro atoms. The lowest BCUT2D eigenvalue weighted by Gasteiger charge is -2.20. The van der Waals surface area contributed by atoms with Crippen LogP contribution >= 0.6 is 11.6 Å². The topological polar surface area (TPSA) is 76.6 Å². The van der Waals surface area contributed by atoms with Crippen molar-refractivity contribution in [1.29, 1.82) is 0 Å². The molecule has 0 saturated carbocycles. The van der Waals surface area contributed by atoms with Crippen molar-refractivity contribution in [3.63, 3.8) is 0 Å². The van der Waals surface area contributed by atoms with Crippen molar-refractivity contribution in [2.75, 3.05) is 0 Å². The maximum Gasteiger partial charge on any atom is 0.246 e. The molecule has 0 unspecified atom stereocenters. The van der Waals surface area contributed by atoms with E-state index in [9.17, 15) is 12.8 Å². The Balaban J connectivity index is 1.67. The van der Waals surface area contributed by atoms with Crippen LogP contribution in [0.3, 0.4) is 0 Å². The fraction of sp³-hybridized carbons (Fsp3) is 0.0952. The van der Waals surface area contributed by atoms with E-state index in [1.807, 2.05) is 0 Å². The molecule has 30 heavy (non-hydrogen) atoms. The molecule has 2 aromatic heterocycles. The SMILES string of the molecule is O=S(=O)(c1ccccc1F)N(Cc1coc(-c2cccc(Cl)c2)n1)Cc1ccco1. The molecular formula is C21H16ClFN2O4S. The summed E-state index contributed by atoms with van der Waals surface area (Å²) in [6.45, 7) is -0.232. The number of nitrogens with zero attached hydrogens (tertiary/aromatic N) is 2. The quantitative estimate of drug-likeness (QED) is 0.394. The predicted molar refractivity (Wildman–Crippen MR) is 108 cm³/mol. The van der Waals surface area contributed by atoms with Gasteiger partial charge in [0.25, 0.3) is 0 Å². The lowest BCUT2D eigenvalue weighted by molar-refractivity contribution is 0.353. The highest BCUT2D eigenvalue weighted by Gasteiger charge is 2.29. The van der Waals surface area contributed by atoms with Gasteiger partial charge in [0.05, 0.1) is 25.0 Å². The number of furan rings is 1. The first-order chi connectivity index (χ1) is 14.4. The van der Waals surface area contributed by atoms with Crippen molar-refractivity contribution >= 4 is 21.6 Å². The molecule has 6 nitrogen and oxygen atoms in total. The summed E-state index contributed by atoms with van der Waals surface area (Å²) >= 11 is 6.00. The van der Waals surface area contributed by atoms with Crippen LogP contribution in [-0.4, -0.2) is 17.7 Å². The fourth-order valence-corrected chi connectivity index (χ4v) is 4.54. The number of benzene rings is 2. The molecule has 0 amide bonds. The van der Waals surface area contributed by atoms with Gasteiger partial charge in [-0.05, 0) is 42.5 Å². The number of aromatic nitrogens is 1. The fourth-order valence-electron chi connectivity index (χ4n) is 2.91. The molecule has 2 aromatic carbocycles. The van der Waals surface area contributed by atoms with Gasteiger partial charge in [0, 0.05) is 10.6 Å². The number of hydrogen-bond donors (Lipinski definition) is 0. The smallest absolute Gasteiger partial charge is 0.246 e. The molecule has 0 radical (unpaired) electrons. The molecule has 0 N–H and O–H groups in total. The van der Waals surface area contributed by atoms with Crippen molar-refractivity contribution in [3.05, 3.63) is 95.5 Å². The standard InChI is InChI=1S/C21H16ClFN2O4S/c22-16-6-3-5-15(11-16)21-24-17(14-29-21)12-25(13-18-7-4-10-28-18)30(26,27)20-9-2-1-8-19(20)23/h1-11,14H,12-13H2. The van der Waals surface area contributed by atoms with Gasteiger partial charge < -0.3 is 8.83 Å². The molecule has 0 aliphatic carbocycles. The lowest BCUT2D eigenvalue weighted by atomic mass is 10.2. The summed E-state index contributed by atoms with van der Waals surface area (Å²) in [4.78, 5) is 3.94. The molecular weight excluding hydrogens is 431 g/mol. The largest absolute Gasteiger partial charge is 0.468 e. The van der Waals surface area contributed by atoms with Crippen LogP contribution in [0.1, 0.15) is 11.5 Å². The Kier molecular flexibility index (Phi) is 5.72. The van der Waals surface area contributed by atoms with Crippen LogP contribution in [0.25, 0.3) is 11.5 Å². The molecule has 9 heteroatoms. The zero-order valence-corrected chi connectivity index (χ0v) is 17.1. The number of oxazole rings is 1. The predicted octanol–water partition coefficient (Wildman–Crippen LogP) is 5.12. The van der Waals surface area contributed by atoms with Crippen LogP contribution < -0.4 is 0 Å². The highest BCUT2D eigenvalue weighted by Crippen LogP contribution is 2.26. The third kappa shape index (κ3) is 4.30. The van der Waals surface area contributed by atoms with Crippen LogP contribution in [0.15, 0.2) is 86.9 Å². The summed E-state index contributed by atoms with van der Waals surface area (Å²) < 4.78 is 52.5. The molecule has 2 heterocycles. The Hall–Kier alpha value is -2.94. The molecule has 0 aliphatic rings. The second kappa shape index (κ2) is 8.43. The van der Waals surface area contributed by atoms with E-state index < -0.39 is 20.7 Å². The molecule has 4 aromatic rings. The maximum atomic E-state index is 14.3. The molecule has 154 valence electrons. The molecule has 4 rings (SSSR count). The summed E-state index contributed by atoms with van der Waals surface area (Å²) in [7, 11) is -4.17. The van der Waals surface area contributed by atoms with E-state index in [2.05, 4.69) is 4.98 Å². The summed E-state index contributed by atoms with van der Waals surface area (Å²) in [5.74, 6) is -0.121. The Morgan fingerprint density at radius 3 is 2.57 bits per heavy atom. The molecule has 0 aliphatic heterocycles. The van der Waals surface area contributed by atoms with E-state index in [0.29, 0.717) is 27.9 Å². The van der Waals surface area contributed by atoms with Crippen molar-refractivity contribution in [2.45, 2.75) is 18.0 Å². The zero-order chi connectivity index (χ0) is 21.1. The van der Waals surface area contributed by atoms with Gasteiger partial charge in [0.2, 0.25) is 15.9 Å². The Labute approximate surface area is 177 Å². The van der Waals surface area contributed by atoms with E-state index in [0.717, 1.165) is 10.4 Å². The van der Waals surface area contributed by atoms with E-state index in [4.69, 9.17) is 20.4 Å². The number of hydrogen-bond acceptors (Lipinski definition) is 5. The minimum Gasteiger partial charge on any atom is -0.468 e. The van der Waals surface area contributed by atoms with Gasteiger partial charge in [0.1, 0.15) is 22.7 Å². The first kappa shape index (κ1) is 20.3. The van der Waals surface area contributed by atoms with E-state index in [1.54, 1.807) is 36.4 Å². The minimum atomic E-state index is -4.17. The van der Waals surface area contributed by atoms with Crippen molar-refractivity contribution < 1.29 is 21.6 Å². The van der Waals surface area contributed by atoms with Gasteiger partial charge in [-0.15, -0.1) is 0 Å². The lowest BCUT2D eigenvalue weighted by Crippen LogP contribution is -2.31. The van der Waals surface area contributed by atoms with Crippen LogP contribution in [0.2, 0.25) is 5.02 Å². The first-order valence-corrected chi connectivity index (χ1v) is 10.7. The highest BCUT2D eigenvalue weighted by molar-refractivity contribution is 7.89. The third-order valence-electron chi connectivity index (χ3n) is 4.33.